The van der Waals surface area contributed by atoms with Crippen molar-refractivity contribution < 1.29 is 0 Å². The van der Waals surface area contributed by atoms with Crippen molar-refractivity contribution >= 4 is 68.4 Å². The van der Waals surface area contributed by atoms with Crippen LogP contribution in [0, 0.1) is 20.8 Å². The molecule has 4 heteroatoms. The number of hydrogen-bond donors (Lipinski definition) is 1. The summed E-state index contributed by atoms with van der Waals surface area (Å²) in [6.45, 7) is 26.3. The largest absolute Gasteiger partial charge is 0.355 e. The molecule has 11 rings (SSSR count). The first-order valence-electron chi connectivity index (χ1n) is 24.1. The lowest BCUT2D eigenvalue weighted by molar-refractivity contribution is 0.332. The third kappa shape index (κ3) is 6.68. The van der Waals surface area contributed by atoms with Crippen LogP contribution >= 0.6 is 0 Å². The molecule has 0 atom stereocenters. The third-order valence-corrected chi connectivity index (χ3v) is 16.1. The highest BCUT2D eigenvalue weighted by atomic mass is 15.1. The SMILES string of the molecule is Cc1ccc(Nc2cc3c(cc2-c2cc(N(c4cccc(C)c4)c4cccc(C)c4)c4c5ccccc5n5c4c2Bc2cc4c(cc2-5)C(C)(C)CCC4(C)C)C(C)(C)CCC3(C)C)cc1. The molecule has 7 aromatic carbocycles. The predicted molar refractivity (Wildman–Crippen MR) is 282 cm³/mol. The maximum absolute atomic E-state index is 4.06. The first kappa shape index (κ1) is 41.7. The molecule has 0 radical (unpaired) electrons. The summed E-state index contributed by atoms with van der Waals surface area (Å²) in [5, 5.41) is 6.65. The first-order chi connectivity index (χ1) is 30.9. The van der Waals surface area contributed by atoms with Gasteiger partial charge in [-0.15, -0.1) is 0 Å². The zero-order valence-corrected chi connectivity index (χ0v) is 40.6. The van der Waals surface area contributed by atoms with Crippen LogP contribution in [-0.4, -0.2) is 11.8 Å². The zero-order valence-electron chi connectivity index (χ0n) is 40.6. The van der Waals surface area contributed by atoms with Crippen LogP contribution in [0.2, 0.25) is 0 Å². The summed E-state index contributed by atoms with van der Waals surface area (Å²) in [4.78, 5) is 2.55. The Morgan fingerprint density at radius 1 is 0.523 bits per heavy atom. The van der Waals surface area contributed by atoms with E-state index in [0.29, 0.717) is 0 Å². The Morgan fingerprint density at radius 2 is 1.08 bits per heavy atom. The monoisotopic (exact) mass is 850 g/mol. The Hall–Kier alpha value is -6.00. The second-order valence-corrected chi connectivity index (χ2v) is 22.7. The standard InChI is InChI=1S/C61H64BN3/c1-37-22-24-40(25-23-37)63-51-35-48-46(58(4,5)26-28-60(48,8)9)32-44(51)45-33-54(64(41-18-14-16-38(2)30-41)42-19-15-17-39(3)31-42)55-43-20-12-13-21-52(43)65-53-36-49-47(34-50(53)62-56(45)57(55)65)59(6,7)27-29-61(49,10)11/h12-25,30-36,62-63H,26-29H2,1-11H3. The van der Waals surface area contributed by atoms with E-state index in [9.17, 15) is 0 Å². The van der Waals surface area contributed by atoms with Crippen LogP contribution in [0.25, 0.3) is 38.6 Å². The van der Waals surface area contributed by atoms with Crippen molar-refractivity contribution in [3.8, 4) is 16.8 Å². The Kier molecular flexibility index (Phi) is 9.30. The van der Waals surface area contributed by atoms with Crippen LogP contribution in [0.4, 0.5) is 28.4 Å². The minimum atomic E-state index is 0.0280. The molecule has 0 amide bonds. The van der Waals surface area contributed by atoms with Crippen LogP contribution in [0.1, 0.15) is 120 Å². The maximum atomic E-state index is 4.06. The van der Waals surface area contributed by atoms with E-state index < -0.39 is 0 Å². The fourth-order valence-corrected chi connectivity index (χ4v) is 11.9. The van der Waals surface area contributed by atoms with Gasteiger partial charge in [0.25, 0.3) is 0 Å². The second kappa shape index (κ2) is 14.5. The number of benzene rings is 7. The average Bonchev–Trinajstić information content (AvgIpc) is 3.62. The van der Waals surface area contributed by atoms with Gasteiger partial charge in [0, 0.05) is 44.8 Å². The van der Waals surface area contributed by atoms with Crippen LogP contribution in [0.15, 0.2) is 127 Å². The second-order valence-electron chi connectivity index (χ2n) is 22.7. The Balaban J connectivity index is 1.32. The number of para-hydroxylation sites is 1. The highest BCUT2D eigenvalue weighted by molar-refractivity contribution is 6.73. The Morgan fingerprint density at radius 3 is 1.68 bits per heavy atom. The Bertz CT molecular complexity index is 3200. The van der Waals surface area contributed by atoms with Crippen molar-refractivity contribution in [2.24, 2.45) is 0 Å². The van der Waals surface area contributed by atoms with Gasteiger partial charge in [-0.1, -0.05) is 127 Å². The molecular weight excluding hydrogens is 786 g/mol. The summed E-state index contributed by atoms with van der Waals surface area (Å²) in [6.07, 6.45) is 4.69. The van der Waals surface area contributed by atoms with E-state index >= 15 is 0 Å². The maximum Gasteiger partial charge on any atom is 0.198 e. The van der Waals surface area contributed by atoms with Gasteiger partial charge in [-0.05, 0) is 179 Å². The van der Waals surface area contributed by atoms with Gasteiger partial charge in [0.15, 0.2) is 7.28 Å². The van der Waals surface area contributed by atoms with Crippen molar-refractivity contribution in [3.05, 3.63) is 166 Å². The third-order valence-electron chi connectivity index (χ3n) is 16.1. The number of nitrogens with one attached hydrogen (secondary N) is 1. The lowest BCUT2D eigenvalue weighted by Crippen LogP contribution is -2.41. The molecule has 326 valence electrons. The van der Waals surface area contributed by atoms with Gasteiger partial charge in [-0.3, -0.25) is 0 Å². The molecule has 0 fully saturated rings. The number of nitrogens with zero attached hydrogens (tertiary/aromatic N) is 2. The van der Waals surface area contributed by atoms with E-state index in [2.05, 4.69) is 218 Å². The first-order valence-corrected chi connectivity index (χ1v) is 24.1. The molecule has 8 aromatic rings. The summed E-state index contributed by atoms with van der Waals surface area (Å²) in [7, 11) is 0.854. The summed E-state index contributed by atoms with van der Waals surface area (Å²) < 4.78 is 2.67. The van der Waals surface area contributed by atoms with Crippen LogP contribution in [0.5, 0.6) is 0 Å². The van der Waals surface area contributed by atoms with Gasteiger partial charge >= 0.3 is 0 Å². The molecule has 3 nitrogen and oxygen atoms in total. The van der Waals surface area contributed by atoms with E-state index in [-0.39, 0.29) is 21.7 Å². The molecular formula is C61H64BN3. The topological polar surface area (TPSA) is 20.2 Å². The molecule has 0 spiro atoms. The molecule has 0 saturated heterocycles. The van der Waals surface area contributed by atoms with Gasteiger partial charge < -0.3 is 14.8 Å². The van der Waals surface area contributed by atoms with E-state index in [4.69, 9.17) is 0 Å². The van der Waals surface area contributed by atoms with Crippen LogP contribution < -0.4 is 21.1 Å². The van der Waals surface area contributed by atoms with Crippen molar-refractivity contribution in [1.29, 1.82) is 0 Å². The fraction of sp³-hybridized carbons (Fsp3) is 0.311. The van der Waals surface area contributed by atoms with Crippen molar-refractivity contribution in [2.75, 3.05) is 10.2 Å². The minimum Gasteiger partial charge on any atom is -0.355 e. The zero-order chi connectivity index (χ0) is 45.4. The molecule has 2 aliphatic carbocycles. The summed E-state index contributed by atoms with van der Waals surface area (Å²) in [6, 6.07) is 49.2. The van der Waals surface area contributed by atoms with Crippen molar-refractivity contribution in [3.63, 3.8) is 0 Å². The van der Waals surface area contributed by atoms with E-state index in [1.165, 1.54) is 113 Å². The highest BCUT2D eigenvalue weighted by Crippen LogP contribution is 2.53. The molecule has 1 aliphatic heterocycles. The quantitative estimate of drug-likeness (QED) is 0.168. The van der Waals surface area contributed by atoms with E-state index in [1.807, 2.05) is 0 Å². The minimum absolute atomic E-state index is 0.0280. The van der Waals surface area contributed by atoms with E-state index in [0.717, 1.165) is 37.2 Å². The highest BCUT2D eigenvalue weighted by Gasteiger charge is 2.41. The van der Waals surface area contributed by atoms with Gasteiger partial charge in [0.1, 0.15) is 0 Å². The van der Waals surface area contributed by atoms with Gasteiger partial charge in [0.2, 0.25) is 0 Å². The molecule has 65 heavy (non-hydrogen) atoms. The number of aryl methyl sites for hydroxylation is 3. The summed E-state index contributed by atoms with van der Waals surface area (Å²) >= 11 is 0. The molecule has 1 N–H and O–H groups in total. The smallest absolute Gasteiger partial charge is 0.198 e. The number of fused-ring (bicyclic) bond motifs is 7. The molecule has 3 aliphatic rings. The molecule has 0 bridgehead atoms. The van der Waals surface area contributed by atoms with Crippen LogP contribution in [0.3, 0.4) is 0 Å². The van der Waals surface area contributed by atoms with E-state index in [1.54, 1.807) is 0 Å². The Labute approximate surface area is 388 Å². The lowest BCUT2D eigenvalue weighted by Gasteiger charge is -2.43. The van der Waals surface area contributed by atoms with Gasteiger partial charge in [0.05, 0.1) is 16.7 Å². The molecule has 0 unspecified atom stereocenters. The number of hydrogen-bond acceptors (Lipinski definition) is 2. The normalized spacial score (nSPS) is 17.2. The molecule has 1 aromatic heterocycles. The molecule has 2 heterocycles. The lowest BCUT2D eigenvalue weighted by atomic mass is 9.55. The average molecular weight is 850 g/mol. The van der Waals surface area contributed by atoms with Crippen molar-refractivity contribution in [1.82, 2.24) is 4.57 Å². The summed E-state index contributed by atoms with van der Waals surface area (Å²) in [5.74, 6) is 0. The molecule has 0 saturated carbocycles. The fourth-order valence-electron chi connectivity index (χ4n) is 11.9. The van der Waals surface area contributed by atoms with Gasteiger partial charge in [-0.2, -0.15) is 0 Å². The predicted octanol–water partition coefficient (Wildman–Crippen LogP) is 15.0. The van der Waals surface area contributed by atoms with Crippen molar-refractivity contribution in [2.45, 2.75) is 124 Å². The number of rotatable bonds is 6. The summed E-state index contributed by atoms with van der Waals surface area (Å²) in [5.41, 5.74) is 25.0. The van der Waals surface area contributed by atoms with Gasteiger partial charge in [-0.25, -0.2) is 0 Å². The van der Waals surface area contributed by atoms with Crippen LogP contribution in [-0.2, 0) is 21.7 Å². The number of anilines is 5. The number of aromatic nitrogens is 1.